The summed E-state index contributed by atoms with van der Waals surface area (Å²) in [6, 6.07) is 14.3. The van der Waals surface area contributed by atoms with Gasteiger partial charge in [-0.05, 0) is 55.3 Å². The summed E-state index contributed by atoms with van der Waals surface area (Å²) in [5.41, 5.74) is 5.16. The summed E-state index contributed by atoms with van der Waals surface area (Å²) in [4.78, 5) is 4.58. The largest absolute Gasteiger partial charge is 0.436 e. The van der Waals surface area contributed by atoms with Gasteiger partial charge in [0.2, 0.25) is 5.89 Å². The number of fused-ring (bicyclic) bond motifs is 1. The molecule has 0 bridgehead atoms. The fourth-order valence-electron chi connectivity index (χ4n) is 2.25. The zero-order chi connectivity index (χ0) is 13.9. The minimum absolute atomic E-state index is 0.677. The molecule has 0 fully saturated rings. The predicted octanol–water partition coefficient (Wildman–Crippen LogP) is 4.49. The van der Waals surface area contributed by atoms with Gasteiger partial charge in [0, 0.05) is 17.8 Å². The molecule has 0 atom stereocenters. The molecule has 0 radical (unpaired) electrons. The van der Waals surface area contributed by atoms with Crippen LogP contribution < -0.4 is 5.32 Å². The van der Waals surface area contributed by atoms with Gasteiger partial charge in [-0.2, -0.15) is 0 Å². The van der Waals surface area contributed by atoms with Crippen molar-refractivity contribution in [2.75, 3.05) is 11.9 Å². The van der Waals surface area contributed by atoms with Crippen LogP contribution in [-0.2, 0) is 6.42 Å². The molecule has 102 valence electrons. The fourth-order valence-corrected chi connectivity index (χ4v) is 2.25. The van der Waals surface area contributed by atoms with E-state index in [9.17, 15) is 0 Å². The highest BCUT2D eigenvalue weighted by atomic mass is 16.3. The quantitative estimate of drug-likeness (QED) is 0.756. The van der Waals surface area contributed by atoms with Gasteiger partial charge < -0.3 is 9.73 Å². The number of nitrogens with zero attached hydrogens (tertiary/aromatic N) is 1. The molecule has 1 aromatic heterocycles. The Morgan fingerprint density at radius 1 is 1.05 bits per heavy atom. The minimum Gasteiger partial charge on any atom is -0.436 e. The van der Waals surface area contributed by atoms with Crippen LogP contribution in [0.5, 0.6) is 0 Å². The predicted molar refractivity (Wildman–Crippen MR) is 83.0 cm³/mol. The van der Waals surface area contributed by atoms with E-state index in [0.29, 0.717) is 5.89 Å². The lowest BCUT2D eigenvalue weighted by Gasteiger charge is -2.02. The SMILES string of the molecule is CCNc1ccc(-c2nc3cc(CC)ccc3o2)cc1. The van der Waals surface area contributed by atoms with E-state index in [1.165, 1.54) is 5.56 Å². The van der Waals surface area contributed by atoms with E-state index in [1.54, 1.807) is 0 Å². The lowest BCUT2D eigenvalue weighted by atomic mass is 10.1. The van der Waals surface area contributed by atoms with Crippen molar-refractivity contribution in [3.63, 3.8) is 0 Å². The van der Waals surface area contributed by atoms with Crippen LogP contribution in [0.3, 0.4) is 0 Å². The normalized spacial score (nSPS) is 10.9. The maximum Gasteiger partial charge on any atom is 0.227 e. The van der Waals surface area contributed by atoms with E-state index in [2.05, 4.69) is 36.3 Å². The van der Waals surface area contributed by atoms with E-state index in [0.717, 1.165) is 35.3 Å². The van der Waals surface area contributed by atoms with E-state index >= 15 is 0 Å². The molecule has 0 spiro atoms. The van der Waals surface area contributed by atoms with Crippen molar-refractivity contribution < 1.29 is 4.42 Å². The number of anilines is 1. The Labute approximate surface area is 118 Å². The van der Waals surface area contributed by atoms with Crippen molar-refractivity contribution in [3.05, 3.63) is 48.0 Å². The number of benzene rings is 2. The Morgan fingerprint density at radius 2 is 1.85 bits per heavy atom. The highest BCUT2D eigenvalue weighted by molar-refractivity contribution is 5.77. The van der Waals surface area contributed by atoms with E-state index < -0.39 is 0 Å². The number of oxazole rings is 1. The number of hydrogen-bond donors (Lipinski definition) is 1. The summed E-state index contributed by atoms with van der Waals surface area (Å²) in [7, 11) is 0. The number of nitrogens with one attached hydrogen (secondary N) is 1. The first kappa shape index (κ1) is 12.7. The first-order valence-electron chi connectivity index (χ1n) is 7.04. The summed E-state index contributed by atoms with van der Waals surface area (Å²) in [6.45, 7) is 5.14. The van der Waals surface area contributed by atoms with E-state index in [1.807, 2.05) is 30.3 Å². The fraction of sp³-hybridized carbons (Fsp3) is 0.235. The van der Waals surface area contributed by atoms with Gasteiger partial charge in [-0.1, -0.05) is 13.0 Å². The average molecular weight is 266 g/mol. The third-order valence-electron chi connectivity index (χ3n) is 3.37. The molecule has 3 heteroatoms. The maximum atomic E-state index is 5.82. The molecule has 1 heterocycles. The van der Waals surface area contributed by atoms with Crippen molar-refractivity contribution in [3.8, 4) is 11.5 Å². The van der Waals surface area contributed by atoms with Gasteiger partial charge in [0.05, 0.1) is 0 Å². The molecule has 0 saturated heterocycles. The maximum absolute atomic E-state index is 5.82. The van der Waals surface area contributed by atoms with E-state index in [4.69, 9.17) is 4.42 Å². The molecule has 0 aliphatic rings. The van der Waals surface area contributed by atoms with Gasteiger partial charge in [0.1, 0.15) is 5.52 Å². The molecular formula is C17H18N2O. The molecule has 20 heavy (non-hydrogen) atoms. The van der Waals surface area contributed by atoms with Crippen molar-refractivity contribution in [2.45, 2.75) is 20.3 Å². The molecule has 3 nitrogen and oxygen atoms in total. The van der Waals surface area contributed by atoms with Crippen LogP contribution in [0.15, 0.2) is 46.9 Å². The van der Waals surface area contributed by atoms with Gasteiger partial charge in [-0.3, -0.25) is 0 Å². The summed E-state index contributed by atoms with van der Waals surface area (Å²) < 4.78 is 5.82. The molecule has 0 aliphatic heterocycles. The summed E-state index contributed by atoms with van der Waals surface area (Å²) >= 11 is 0. The molecule has 0 saturated carbocycles. The van der Waals surface area contributed by atoms with Gasteiger partial charge in [-0.15, -0.1) is 0 Å². The van der Waals surface area contributed by atoms with Crippen molar-refractivity contribution in [1.82, 2.24) is 4.98 Å². The second kappa shape index (κ2) is 5.37. The van der Waals surface area contributed by atoms with Crippen LogP contribution in [0, 0.1) is 0 Å². The highest BCUT2D eigenvalue weighted by Crippen LogP contribution is 2.26. The van der Waals surface area contributed by atoms with Gasteiger partial charge in [-0.25, -0.2) is 4.98 Å². The van der Waals surface area contributed by atoms with Crippen LogP contribution in [0.1, 0.15) is 19.4 Å². The Hall–Kier alpha value is -2.29. The average Bonchev–Trinajstić information content (AvgIpc) is 2.91. The van der Waals surface area contributed by atoms with Crippen LogP contribution >= 0.6 is 0 Å². The van der Waals surface area contributed by atoms with Crippen molar-refractivity contribution in [1.29, 1.82) is 0 Å². The smallest absolute Gasteiger partial charge is 0.227 e. The number of hydrogen-bond acceptors (Lipinski definition) is 3. The number of rotatable bonds is 4. The van der Waals surface area contributed by atoms with Crippen molar-refractivity contribution in [2.24, 2.45) is 0 Å². The second-order valence-electron chi connectivity index (χ2n) is 4.78. The molecule has 2 aromatic carbocycles. The molecule has 3 aromatic rings. The standard InChI is InChI=1S/C17H18N2O/c1-3-12-5-10-16-15(11-12)19-17(20-16)13-6-8-14(9-7-13)18-4-2/h5-11,18H,3-4H2,1-2H3. The van der Waals surface area contributed by atoms with Crippen LogP contribution in [-0.4, -0.2) is 11.5 Å². The highest BCUT2D eigenvalue weighted by Gasteiger charge is 2.08. The van der Waals surface area contributed by atoms with Gasteiger partial charge >= 0.3 is 0 Å². The monoisotopic (exact) mass is 266 g/mol. The zero-order valence-corrected chi connectivity index (χ0v) is 11.8. The zero-order valence-electron chi connectivity index (χ0n) is 11.8. The third kappa shape index (κ3) is 2.39. The van der Waals surface area contributed by atoms with Crippen LogP contribution in [0.4, 0.5) is 5.69 Å². The third-order valence-corrected chi connectivity index (χ3v) is 3.37. The van der Waals surface area contributed by atoms with Crippen LogP contribution in [0.2, 0.25) is 0 Å². The topological polar surface area (TPSA) is 38.1 Å². The molecule has 1 N–H and O–H groups in total. The van der Waals surface area contributed by atoms with Gasteiger partial charge in [0.15, 0.2) is 5.58 Å². The van der Waals surface area contributed by atoms with E-state index in [-0.39, 0.29) is 0 Å². The molecule has 0 aliphatic carbocycles. The summed E-state index contributed by atoms with van der Waals surface area (Å²) in [5, 5.41) is 3.28. The molecular weight excluding hydrogens is 248 g/mol. The molecule has 0 amide bonds. The molecule has 0 unspecified atom stereocenters. The van der Waals surface area contributed by atoms with Crippen molar-refractivity contribution >= 4 is 16.8 Å². The number of aromatic nitrogens is 1. The second-order valence-corrected chi connectivity index (χ2v) is 4.78. The molecule has 3 rings (SSSR count). The first-order chi connectivity index (χ1) is 9.80. The Kier molecular flexibility index (Phi) is 3.42. The summed E-state index contributed by atoms with van der Waals surface area (Å²) in [6.07, 6.45) is 1.01. The summed E-state index contributed by atoms with van der Waals surface area (Å²) in [5.74, 6) is 0.677. The lowest BCUT2D eigenvalue weighted by molar-refractivity contribution is 0.620. The van der Waals surface area contributed by atoms with Crippen LogP contribution in [0.25, 0.3) is 22.6 Å². The Morgan fingerprint density at radius 3 is 2.55 bits per heavy atom. The first-order valence-corrected chi connectivity index (χ1v) is 7.04. The Bertz CT molecular complexity index is 713. The van der Waals surface area contributed by atoms with Gasteiger partial charge in [0.25, 0.3) is 0 Å². The minimum atomic E-state index is 0.677. The Balaban J connectivity index is 1.96. The lowest BCUT2D eigenvalue weighted by Crippen LogP contribution is -1.95. The number of aryl methyl sites for hydroxylation is 1.